The normalized spacial score (nSPS) is 18.9. The van der Waals surface area contributed by atoms with E-state index in [0.29, 0.717) is 6.42 Å². The zero-order valence-corrected chi connectivity index (χ0v) is 10.2. The Hall–Kier alpha value is -1.46. The highest BCUT2D eigenvalue weighted by atomic mass is 19.3. The minimum Gasteiger partial charge on any atom is -0.342 e. The number of piperidine rings is 1. The molecule has 0 saturated carbocycles. The lowest BCUT2D eigenvalue weighted by Crippen LogP contribution is -2.42. The van der Waals surface area contributed by atoms with Crippen LogP contribution in [0, 0.1) is 0 Å². The van der Waals surface area contributed by atoms with Crippen molar-refractivity contribution in [3.8, 4) is 0 Å². The fourth-order valence-corrected chi connectivity index (χ4v) is 2.10. The number of aromatic amines is 1. The summed E-state index contributed by atoms with van der Waals surface area (Å²) in [7, 11) is 0. The molecule has 0 aliphatic carbocycles. The van der Waals surface area contributed by atoms with Crippen LogP contribution in [0.25, 0.3) is 0 Å². The molecule has 0 atom stereocenters. The van der Waals surface area contributed by atoms with Crippen molar-refractivity contribution in [1.29, 1.82) is 0 Å². The van der Waals surface area contributed by atoms with Crippen LogP contribution in [0.4, 0.5) is 8.78 Å². The first-order valence-corrected chi connectivity index (χ1v) is 6.20. The van der Waals surface area contributed by atoms with E-state index in [9.17, 15) is 13.6 Å². The summed E-state index contributed by atoms with van der Waals surface area (Å²) in [5.74, 6) is -2.61. The first-order chi connectivity index (χ1) is 8.57. The van der Waals surface area contributed by atoms with Gasteiger partial charge in [0, 0.05) is 38.5 Å². The third-order valence-corrected chi connectivity index (χ3v) is 3.26. The largest absolute Gasteiger partial charge is 0.342 e. The summed E-state index contributed by atoms with van der Waals surface area (Å²) in [6.07, 6.45) is 5.03. The topological polar surface area (TPSA) is 49.0 Å². The number of alkyl halides is 2. The maximum Gasteiger partial charge on any atom is 0.251 e. The molecule has 1 aromatic heterocycles. The predicted octanol–water partition coefficient (Wildman–Crippen LogP) is 1.99. The van der Waals surface area contributed by atoms with Gasteiger partial charge in [0.25, 0.3) is 5.92 Å². The zero-order valence-electron chi connectivity index (χ0n) is 10.2. The molecule has 1 aliphatic rings. The van der Waals surface area contributed by atoms with E-state index in [4.69, 9.17) is 0 Å². The van der Waals surface area contributed by atoms with Crippen molar-refractivity contribution in [3.05, 3.63) is 18.0 Å². The zero-order chi connectivity index (χ0) is 13.0. The average molecular weight is 257 g/mol. The number of hydrogen-bond acceptors (Lipinski definition) is 2. The number of nitrogens with zero attached hydrogens (tertiary/aromatic N) is 2. The molecule has 0 unspecified atom stereocenters. The van der Waals surface area contributed by atoms with Crippen molar-refractivity contribution in [2.24, 2.45) is 0 Å². The molecule has 18 heavy (non-hydrogen) atoms. The van der Waals surface area contributed by atoms with E-state index in [1.807, 2.05) is 0 Å². The molecule has 6 heteroatoms. The Balaban J connectivity index is 1.69. The van der Waals surface area contributed by atoms with Crippen molar-refractivity contribution in [3.63, 3.8) is 0 Å². The number of aromatic nitrogens is 2. The van der Waals surface area contributed by atoms with Gasteiger partial charge in [-0.1, -0.05) is 0 Å². The van der Waals surface area contributed by atoms with Gasteiger partial charge in [-0.25, -0.2) is 8.78 Å². The first kappa shape index (κ1) is 13.0. The lowest BCUT2D eigenvalue weighted by molar-refractivity contribution is -0.137. The summed E-state index contributed by atoms with van der Waals surface area (Å²) in [4.78, 5) is 13.3. The highest BCUT2D eigenvalue weighted by Crippen LogP contribution is 2.27. The Morgan fingerprint density at radius 1 is 1.44 bits per heavy atom. The molecule has 1 N–H and O–H groups in total. The van der Waals surface area contributed by atoms with Gasteiger partial charge in [0.1, 0.15) is 0 Å². The second-order valence-corrected chi connectivity index (χ2v) is 4.70. The average Bonchev–Trinajstić information content (AvgIpc) is 2.82. The number of carbonyl (C=O) groups is 1. The van der Waals surface area contributed by atoms with Crippen LogP contribution in [0.15, 0.2) is 12.4 Å². The van der Waals surface area contributed by atoms with Crippen molar-refractivity contribution < 1.29 is 13.6 Å². The van der Waals surface area contributed by atoms with Crippen molar-refractivity contribution in [2.45, 2.75) is 38.0 Å². The van der Waals surface area contributed by atoms with Gasteiger partial charge in [-0.05, 0) is 18.4 Å². The molecule has 0 spiro atoms. The number of H-pyrrole nitrogens is 1. The van der Waals surface area contributed by atoms with E-state index in [-0.39, 0.29) is 31.8 Å². The number of halogens is 2. The van der Waals surface area contributed by atoms with Crippen LogP contribution in [0.1, 0.15) is 31.2 Å². The van der Waals surface area contributed by atoms with Crippen molar-refractivity contribution in [2.75, 3.05) is 13.1 Å². The molecule has 0 aromatic carbocycles. The minimum atomic E-state index is -2.59. The Morgan fingerprint density at radius 3 is 2.78 bits per heavy atom. The summed E-state index contributed by atoms with van der Waals surface area (Å²) in [6.45, 7) is 0.356. The molecular weight excluding hydrogens is 240 g/mol. The van der Waals surface area contributed by atoms with Crippen molar-refractivity contribution in [1.82, 2.24) is 15.1 Å². The maximum absolute atomic E-state index is 12.9. The predicted molar refractivity (Wildman–Crippen MR) is 62.3 cm³/mol. The van der Waals surface area contributed by atoms with Crippen molar-refractivity contribution >= 4 is 5.91 Å². The van der Waals surface area contributed by atoms with Crippen LogP contribution < -0.4 is 0 Å². The smallest absolute Gasteiger partial charge is 0.251 e. The van der Waals surface area contributed by atoms with Crippen LogP contribution in [0.3, 0.4) is 0 Å². The lowest BCUT2D eigenvalue weighted by Gasteiger charge is -2.31. The number of carbonyl (C=O) groups excluding carboxylic acids is 1. The van der Waals surface area contributed by atoms with Crippen LogP contribution in [0.2, 0.25) is 0 Å². The van der Waals surface area contributed by atoms with E-state index >= 15 is 0 Å². The molecule has 4 nitrogen and oxygen atoms in total. The summed E-state index contributed by atoms with van der Waals surface area (Å²) in [5.41, 5.74) is 1.06. The van der Waals surface area contributed by atoms with Gasteiger partial charge >= 0.3 is 0 Å². The molecule has 0 radical (unpaired) electrons. The number of hydrogen-bond donors (Lipinski definition) is 1. The Morgan fingerprint density at radius 2 is 2.17 bits per heavy atom. The molecule has 100 valence electrons. The van der Waals surface area contributed by atoms with E-state index < -0.39 is 5.92 Å². The fraction of sp³-hybridized carbons (Fsp3) is 0.667. The van der Waals surface area contributed by atoms with Gasteiger partial charge in [-0.3, -0.25) is 9.89 Å². The van der Waals surface area contributed by atoms with Crippen LogP contribution in [-0.2, 0) is 11.2 Å². The number of nitrogens with one attached hydrogen (secondary N) is 1. The second kappa shape index (κ2) is 5.46. The Labute approximate surface area is 104 Å². The van der Waals surface area contributed by atoms with Crippen LogP contribution >= 0.6 is 0 Å². The molecule has 1 amide bonds. The van der Waals surface area contributed by atoms with E-state index in [1.54, 1.807) is 17.3 Å². The number of aryl methyl sites for hydroxylation is 1. The van der Waals surface area contributed by atoms with Gasteiger partial charge in [0.05, 0.1) is 6.20 Å². The molecule has 2 rings (SSSR count). The Kier molecular flexibility index (Phi) is 3.93. The Bertz CT molecular complexity index is 382. The van der Waals surface area contributed by atoms with Crippen LogP contribution in [0.5, 0.6) is 0 Å². The summed E-state index contributed by atoms with van der Waals surface area (Å²) >= 11 is 0. The maximum atomic E-state index is 12.9. The standard InChI is InChI=1S/C12H17F2N3O/c13-12(14)4-6-17(7-5-12)11(18)3-1-2-10-8-15-16-9-10/h8-9H,1-7H2,(H,15,16). The molecule has 1 aromatic rings. The van der Waals surface area contributed by atoms with Gasteiger partial charge in [0.2, 0.25) is 5.91 Å². The summed E-state index contributed by atoms with van der Waals surface area (Å²) < 4.78 is 25.9. The molecule has 1 saturated heterocycles. The third-order valence-electron chi connectivity index (χ3n) is 3.26. The van der Waals surface area contributed by atoms with E-state index in [0.717, 1.165) is 18.4 Å². The number of likely N-dealkylation sites (tertiary alicyclic amines) is 1. The second-order valence-electron chi connectivity index (χ2n) is 4.70. The summed E-state index contributed by atoms with van der Waals surface area (Å²) in [5, 5.41) is 6.53. The monoisotopic (exact) mass is 257 g/mol. The third kappa shape index (κ3) is 3.51. The molecule has 0 bridgehead atoms. The fourth-order valence-electron chi connectivity index (χ4n) is 2.10. The molecule has 1 aliphatic heterocycles. The molecule has 1 fully saturated rings. The van der Waals surface area contributed by atoms with E-state index in [1.165, 1.54) is 0 Å². The lowest BCUT2D eigenvalue weighted by atomic mass is 10.1. The minimum absolute atomic E-state index is 0.0194. The molecular formula is C12H17F2N3O. The van der Waals surface area contributed by atoms with Gasteiger partial charge in [0.15, 0.2) is 0 Å². The molecule has 2 heterocycles. The highest BCUT2D eigenvalue weighted by molar-refractivity contribution is 5.76. The van der Waals surface area contributed by atoms with Gasteiger partial charge in [-0.15, -0.1) is 0 Å². The number of amides is 1. The SMILES string of the molecule is O=C(CCCc1cn[nH]c1)N1CCC(F)(F)CC1. The highest BCUT2D eigenvalue weighted by Gasteiger charge is 2.35. The van der Waals surface area contributed by atoms with Crippen LogP contribution in [-0.4, -0.2) is 40.0 Å². The quantitative estimate of drug-likeness (QED) is 0.896. The van der Waals surface area contributed by atoms with Gasteiger partial charge < -0.3 is 4.90 Å². The van der Waals surface area contributed by atoms with E-state index in [2.05, 4.69) is 10.2 Å². The first-order valence-electron chi connectivity index (χ1n) is 6.20. The summed E-state index contributed by atoms with van der Waals surface area (Å²) in [6, 6.07) is 0. The van der Waals surface area contributed by atoms with Gasteiger partial charge in [-0.2, -0.15) is 5.10 Å². The number of rotatable bonds is 4.